The molecule has 0 aromatic carbocycles. The van der Waals surface area contributed by atoms with E-state index in [4.69, 9.17) is 4.74 Å². The van der Waals surface area contributed by atoms with Gasteiger partial charge < -0.3 is 10.1 Å². The maximum atomic E-state index is 5.23. The molecule has 0 saturated carbocycles. The third-order valence-electron chi connectivity index (χ3n) is 2.62. The van der Waals surface area contributed by atoms with Gasteiger partial charge in [0.2, 0.25) is 0 Å². The monoisotopic (exact) mass is 241 g/mol. The van der Waals surface area contributed by atoms with Gasteiger partial charge in [0.05, 0.1) is 6.61 Å². The Bertz CT molecular complexity index is 282. The van der Waals surface area contributed by atoms with Crippen LogP contribution in [-0.2, 0) is 11.2 Å². The predicted molar refractivity (Wildman–Crippen MR) is 71.2 cm³/mol. The quantitative estimate of drug-likeness (QED) is 0.792. The first-order valence-electron chi connectivity index (χ1n) is 5.86. The summed E-state index contributed by atoms with van der Waals surface area (Å²) in [6, 6.07) is 4.86. The van der Waals surface area contributed by atoms with Crippen LogP contribution in [0, 0.1) is 0 Å². The van der Waals surface area contributed by atoms with E-state index in [2.05, 4.69) is 43.6 Å². The summed E-state index contributed by atoms with van der Waals surface area (Å²) < 4.78 is 5.23. The zero-order chi connectivity index (χ0) is 12.0. The van der Waals surface area contributed by atoms with Crippen LogP contribution < -0.4 is 5.32 Å². The van der Waals surface area contributed by atoms with E-state index < -0.39 is 0 Å². The molecule has 0 radical (unpaired) electrons. The maximum Gasteiger partial charge on any atom is 0.0639 e. The van der Waals surface area contributed by atoms with Gasteiger partial charge in [-0.05, 0) is 38.1 Å². The average Bonchev–Trinajstić information content (AvgIpc) is 2.69. The Morgan fingerprint density at radius 2 is 2.25 bits per heavy atom. The van der Waals surface area contributed by atoms with Crippen LogP contribution in [-0.4, -0.2) is 25.3 Å². The first-order valence-corrected chi connectivity index (χ1v) is 6.74. The van der Waals surface area contributed by atoms with Crippen molar-refractivity contribution < 1.29 is 4.74 Å². The molecule has 0 aliphatic rings. The number of methoxy groups -OCH3 is 1. The van der Waals surface area contributed by atoms with E-state index in [1.54, 1.807) is 7.11 Å². The minimum atomic E-state index is 0.0483. The minimum absolute atomic E-state index is 0.0483. The van der Waals surface area contributed by atoms with Crippen LogP contribution in [0.15, 0.2) is 17.5 Å². The van der Waals surface area contributed by atoms with Gasteiger partial charge in [-0.25, -0.2) is 0 Å². The van der Waals surface area contributed by atoms with E-state index in [0.717, 1.165) is 19.4 Å². The fourth-order valence-electron chi connectivity index (χ4n) is 1.92. The summed E-state index contributed by atoms with van der Waals surface area (Å²) in [6.45, 7) is 7.35. The number of ether oxygens (including phenoxy) is 1. The molecule has 1 atom stereocenters. The molecule has 0 saturated heterocycles. The summed E-state index contributed by atoms with van der Waals surface area (Å²) in [6.07, 6.45) is 2.26. The lowest BCUT2D eigenvalue weighted by molar-refractivity contribution is 0.120. The zero-order valence-electron chi connectivity index (χ0n) is 10.7. The Hall–Kier alpha value is -0.380. The van der Waals surface area contributed by atoms with Gasteiger partial charge >= 0.3 is 0 Å². The van der Waals surface area contributed by atoms with Crippen molar-refractivity contribution in [1.29, 1.82) is 0 Å². The Morgan fingerprint density at radius 1 is 1.50 bits per heavy atom. The van der Waals surface area contributed by atoms with Gasteiger partial charge in [0, 0.05) is 23.6 Å². The summed E-state index contributed by atoms with van der Waals surface area (Å²) in [5.41, 5.74) is 0.0483. The summed E-state index contributed by atoms with van der Waals surface area (Å²) in [7, 11) is 1.75. The normalized spacial score (nSPS) is 14.0. The Balaban J connectivity index is 2.48. The minimum Gasteiger partial charge on any atom is -0.383 e. The fourth-order valence-corrected chi connectivity index (χ4v) is 2.71. The SMILES string of the molecule is CCC(Cc1cccs1)NC(C)(C)COC. The third-order valence-corrected chi connectivity index (χ3v) is 3.52. The van der Waals surface area contributed by atoms with Gasteiger partial charge in [-0.15, -0.1) is 11.3 Å². The molecule has 0 fully saturated rings. The van der Waals surface area contributed by atoms with E-state index in [1.165, 1.54) is 4.88 Å². The second-order valence-electron chi connectivity index (χ2n) is 4.85. The lowest BCUT2D eigenvalue weighted by atomic mass is 10.0. The van der Waals surface area contributed by atoms with Gasteiger partial charge in [0.25, 0.3) is 0 Å². The van der Waals surface area contributed by atoms with Crippen molar-refractivity contribution in [3.05, 3.63) is 22.4 Å². The largest absolute Gasteiger partial charge is 0.383 e. The molecule has 1 unspecified atom stereocenters. The van der Waals surface area contributed by atoms with Crippen LogP contribution in [0.25, 0.3) is 0 Å². The molecule has 0 aliphatic carbocycles. The fraction of sp³-hybridized carbons (Fsp3) is 0.692. The molecule has 3 heteroatoms. The van der Waals surface area contributed by atoms with E-state index in [0.29, 0.717) is 6.04 Å². The highest BCUT2D eigenvalue weighted by atomic mass is 32.1. The topological polar surface area (TPSA) is 21.3 Å². The van der Waals surface area contributed by atoms with Crippen molar-refractivity contribution >= 4 is 11.3 Å². The molecule has 0 amide bonds. The van der Waals surface area contributed by atoms with Crippen LogP contribution in [0.5, 0.6) is 0 Å². The number of nitrogens with one attached hydrogen (secondary N) is 1. The molecule has 1 N–H and O–H groups in total. The molecule has 0 spiro atoms. The van der Waals surface area contributed by atoms with Gasteiger partial charge in [-0.1, -0.05) is 13.0 Å². The molecule has 1 aromatic rings. The maximum absolute atomic E-state index is 5.23. The Labute approximate surface area is 103 Å². The smallest absolute Gasteiger partial charge is 0.0639 e. The van der Waals surface area contributed by atoms with E-state index in [1.807, 2.05) is 11.3 Å². The summed E-state index contributed by atoms with van der Waals surface area (Å²) in [4.78, 5) is 1.45. The Morgan fingerprint density at radius 3 is 2.75 bits per heavy atom. The lowest BCUT2D eigenvalue weighted by Crippen LogP contribution is -2.49. The van der Waals surface area contributed by atoms with Crippen molar-refractivity contribution in [3.8, 4) is 0 Å². The van der Waals surface area contributed by atoms with Crippen LogP contribution in [0.3, 0.4) is 0 Å². The van der Waals surface area contributed by atoms with Crippen LogP contribution in [0.2, 0.25) is 0 Å². The lowest BCUT2D eigenvalue weighted by Gasteiger charge is -2.30. The van der Waals surface area contributed by atoms with Crippen LogP contribution >= 0.6 is 11.3 Å². The van der Waals surface area contributed by atoms with Crippen LogP contribution in [0.1, 0.15) is 32.1 Å². The second-order valence-corrected chi connectivity index (χ2v) is 5.88. The van der Waals surface area contributed by atoms with Crippen molar-refractivity contribution in [2.75, 3.05) is 13.7 Å². The molecule has 2 nitrogen and oxygen atoms in total. The highest BCUT2D eigenvalue weighted by Crippen LogP contribution is 2.15. The summed E-state index contributed by atoms with van der Waals surface area (Å²) >= 11 is 1.83. The molecule has 0 aliphatic heterocycles. The molecule has 1 heterocycles. The number of rotatable bonds is 7. The van der Waals surface area contributed by atoms with E-state index >= 15 is 0 Å². The van der Waals surface area contributed by atoms with Crippen molar-refractivity contribution in [2.45, 2.75) is 45.2 Å². The number of hydrogen-bond donors (Lipinski definition) is 1. The highest BCUT2D eigenvalue weighted by molar-refractivity contribution is 7.09. The second kappa shape index (κ2) is 6.38. The molecular weight excluding hydrogens is 218 g/mol. The van der Waals surface area contributed by atoms with Crippen LogP contribution in [0.4, 0.5) is 0 Å². The van der Waals surface area contributed by atoms with Gasteiger partial charge in [-0.2, -0.15) is 0 Å². The first-order chi connectivity index (χ1) is 7.57. The molecule has 1 aromatic heterocycles. The summed E-state index contributed by atoms with van der Waals surface area (Å²) in [5, 5.41) is 5.81. The third kappa shape index (κ3) is 4.64. The van der Waals surface area contributed by atoms with Gasteiger partial charge in [0.1, 0.15) is 0 Å². The number of thiophene rings is 1. The average molecular weight is 241 g/mol. The van der Waals surface area contributed by atoms with Crippen molar-refractivity contribution in [3.63, 3.8) is 0 Å². The van der Waals surface area contributed by atoms with E-state index in [9.17, 15) is 0 Å². The molecule has 92 valence electrons. The zero-order valence-corrected chi connectivity index (χ0v) is 11.6. The predicted octanol–water partition coefficient (Wildman–Crippen LogP) is 3.08. The van der Waals surface area contributed by atoms with Crippen molar-refractivity contribution in [2.24, 2.45) is 0 Å². The van der Waals surface area contributed by atoms with Crippen molar-refractivity contribution in [1.82, 2.24) is 5.32 Å². The van der Waals surface area contributed by atoms with Gasteiger partial charge in [0.15, 0.2) is 0 Å². The first kappa shape index (κ1) is 13.7. The molecule has 1 rings (SSSR count). The molecule has 16 heavy (non-hydrogen) atoms. The van der Waals surface area contributed by atoms with E-state index in [-0.39, 0.29) is 5.54 Å². The molecular formula is C13H23NOS. The molecule has 0 bridgehead atoms. The Kier molecular flexibility index (Phi) is 5.46. The number of hydrogen-bond acceptors (Lipinski definition) is 3. The summed E-state index contributed by atoms with van der Waals surface area (Å²) in [5.74, 6) is 0. The standard InChI is InChI=1S/C13H23NOS/c1-5-11(9-12-7-6-8-16-12)14-13(2,3)10-15-4/h6-8,11,14H,5,9-10H2,1-4H3. The highest BCUT2D eigenvalue weighted by Gasteiger charge is 2.21. The van der Waals surface area contributed by atoms with Gasteiger partial charge in [-0.3, -0.25) is 0 Å².